The van der Waals surface area contributed by atoms with Crippen molar-refractivity contribution < 1.29 is 9.53 Å². The third-order valence-electron chi connectivity index (χ3n) is 6.87. The lowest BCUT2D eigenvalue weighted by molar-refractivity contribution is 0.0349. The van der Waals surface area contributed by atoms with E-state index in [2.05, 4.69) is 9.88 Å². The van der Waals surface area contributed by atoms with E-state index < -0.39 is 0 Å². The molecule has 7 heteroatoms. The highest BCUT2D eigenvalue weighted by atomic mass is 16.5. The Morgan fingerprint density at radius 1 is 1.10 bits per heavy atom. The summed E-state index contributed by atoms with van der Waals surface area (Å²) < 4.78 is 7.26. The van der Waals surface area contributed by atoms with E-state index in [1.807, 2.05) is 35.0 Å². The maximum Gasteiger partial charge on any atom is 0.263 e. The average molecular weight is 409 g/mol. The van der Waals surface area contributed by atoms with Gasteiger partial charge in [-0.2, -0.15) is 0 Å². The lowest BCUT2D eigenvalue weighted by atomic mass is 9.83. The normalized spacial score (nSPS) is 23.9. The number of hydrogen-bond donors (Lipinski definition) is 0. The number of fused-ring (bicyclic) bond motifs is 4. The van der Waals surface area contributed by atoms with Crippen LogP contribution in [0.25, 0.3) is 0 Å². The summed E-state index contributed by atoms with van der Waals surface area (Å²) >= 11 is 0. The van der Waals surface area contributed by atoms with E-state index in [-0.39, 0.29) is 23.5 Å². The molecule has 158 valence electrons. The number of likely N-dealkylation sites (tertiary alicyclic amines) is 1. The molecular weight excluding hydrogens is 380 g/mol. The summed E-state index contributed by atoms with van der Waals surface area (Å²) in [5, 5.41) is 0. The molecule has 2 bridgehead atoms. The predicted octanol–water partition coefficient (Wildman–Crippen LogP) is 2.12. The number of aromatic nitrogens is 2. The van der Waals surface area contributed by atoms with Crippen LogP contribution in [0.15, 0.2) is 41.3 Å². The Kier molecular flexibility index (Phi) is 5.06. The van der Waals surface area contributed by atoms with E-state index in [1.165, 1.54) is 0 Å². The summed E-state index contributed by atoms with van der Waals surface area (Å²) in [5.41, 5.74) is 1.22. The fourth-order valence-electron chi connectivity index (χ4n) is 5.30. The number of carbonyl (C=O) groups excluding carboxylic acids is 1. The van der Waals surface area contributed by atoms with Crippen LogP contribution in [-0.2, 0) is 11.3 Å². The summed E-state index contributed by atoms with van der Waals surface area (Å²) in [4.78, 5) is 34.9. The maximum absolute atomic E-state index is 13.3. The van der Waals surface area contributed by atoms with Crippen LogP contribution in [0.1, 0.15) is 41.2 Å². The van der Waals surface area contributed by atoms with Gasteiger partial charge in [-0.05, 0) is 49.4 Å². The highest BCUT2D eigenvalue weighted by Crippen LogP contribution is 2.36. The molecule has 0 N–H and O–H groups in total. The molecule has 3 aliphatic rings. The second-order valence-corrected chi connectivity index (χ2v) is 8.71. The molecule has 7 nitrogen and oxygen atoms in total. The van der Waals surface area contributed by atoms with E-state index in [9.17, 15) is 9.59 Å². The number of methoxy groups -OCH3 is 1. The van der Waals surface area contributed by atoms with Gasteiger partial charge in [-0.1, -0.05) is 6.07 Å². The van der Waals surface area contributed by atoms with Crippen LogP contribution in [0.4, 0.5) is 5.82 Å². The lowest BCUT2D eigenvalue weighted by Gasteiger charge is -2.43. The van der Waals surface area contributed by atoms with E-state index in [0.29, 0.717) is 31.1 Å². The lowest BCUT2D eigenvalue weighted by Crippen LogP contribution is -2.49. The van der Waals surface area contributed by atoms with Crippen molar-refractivity contribution in [3.63, 3.8) is 0 Å². The molecule has 0 unspecified atom stereocenters. The monoisotopic (exact) mass is 408 g/mol. The zero-order chi connectivity index (χ0) is 20.7. The summed E-state index contributed by atoms with van der Waals surface area (Å²) in [7, 11) is 1.71. The van der Waals surface area contributed by atoms with Crippen LogP contribution in [0.3, 0.4) is 0 Å². The van der Waals surface area contributed by atoms with Crippen LogP contribution in [0.5, 0.6) is 0 Å². The molecule has 2 aromatic rings. The third-order valence-corrected chi connectivity index (χ3v) is 6.87. The smallest absolute Gasteiger partial charge is 0.263 e. The van der Waals surface area contributed by atoms with Gasteiger partial charge in [-0.3, -0.25) is 9.59 Å². The number of ether oxygens (including phenoxy) is 1. The predicted molar refractivity (Wildman–Crippen MR) is 114 cm³/mol. The van der Waals surface area contributed by atoms with Gasteiger partial charge in [0.15, 0.2) is 0 Å². The van der Waals surface area contributed by atoms with Gasteiger partial charge >= 0.3 is 0 Å². The number of carbonyl (C=O) groups is 1. The minimum Gasteiger partial charge on any atom is -0.381 e. The van der Waals surface area contributed by atoms with Gasteiger partial charge in [-0.25, -0.2) is 4.98 Å². The fourth-order valence-corrected chi connectivity index (χ4v) is 5.30. The first-order valence-corrected chi connectivity index (χ1v) is 10.9. The minimum absolute atomic E-state index is 0.132. The number of rotatable bonds is 3. The quantitative estimate of drug-likeness (QED) is 0.778. The van der Waals surface area contributed by atoms with Crippen LogP contribution < -0.4 is 10.5 Å². The molecule has 0 aromatic carbocycles. The Morgan fingerprint density at radius 3 is 2.67 bits per heavy atom. The molecule has 2 saturated heterocycles. The second-order valence-electron chi connectivity index (χ2n) is 8.71. The van der Waals surface area contributed by atoms with Gasteiger partial charge in [0.25, 0.3) is 11.5 Å². The van der Waals surface area contributed by atoms with Crippen molar-refractivity contribution in [3.05, 3.63) is 58.1 Å². The van der Waals surface area contributed by atoms with Crippen LogP contribution in [0, 0.1) is 5.92 Å². The van der Waals surface area contributed by atoms with Crippen molar-refractivity contribution >= 4 is 11.7 Å². The van der Waals surface area contributed by atoms with Gasteiger partial charge in [0.1, 0.15) is 11.4 Å². The number of hydrogen-bond acceptors (Lipinski definition) is 5. The molecule has 2 fully saturated rings. The Bertz CT molecular complexity index is 982. The standard InChI is InChI=1S/C23H28N4O3/c1-30-18-7-10-25(11-8-18)22(28)19-5-6-20-17-12-16(14-27(20)23(19)29)13-26(15-17)21-4-2-3-9-24-21/h2-6,9,16-18H,7-8,10-15H2,1H3/t16-,17+/m0/s1. The Hall–Kier alpha value is -2.67. The Morgan fingerprint density at radius 2 is 1.93 bits per heavy atom. The molecule has 30 heavy (non-hydrogen) atoms. The van der Waals surface area contributed by atoms with Crippen LogP contribution in [-0.4, -0.2) is 59.8 Å². The number of pyridine rings is 2. The van der Waals surface area contributed by atoms with Crippen LogP contribution >= 0.6 is 0 Å². The summed E-state index contributed by atoms with van der Waals surface area (Å²) in [5.74, 6) is 1.53. The molecule has 0 spiro atoms. The van der Waals surface area contributed by atoms with Gasteiger partial charge in [-0.15, -0.1) is 0 Å². The van der Waals surface area contributed by atoms with Gasteiger partial charge in [0, 0.05) is 57.6 Å². The first kappa shape index (κ1) is 19.3. The molecule has 0 saturated carbocycles. The van der Waals surface area contributed by atoms with Crippen molar-refractivity contribution in [1.29, 1.82) is 0 Å². The van der Waals surface area contributed by atoms with Crippen molar-refractivity contribution in [2.45, 2.75) is 37.8 Å². The second kappa shape index (κ2) is 7.87. The number of piperidine rings is 2. The van der Waals surface area contributed by atoms with Gasteiger partial charge in [0.05, 0.1) is 6.10 Å². The van der Waals surface area contributed by atoms with Crippen molar-refractivity contribution in [2.75, 3.05) is 38.2 Å². The van der Waals surface area contributed by atoms with E-state index in [0.717, 1.165) is 43.9 Å². The van der Waals surface area contributed by atoms with Crippen molar-refractivity contribution in [3.8, 4) is 0 Å². The topological polar surface area (TPSA) is 67.7 Å². The van der Waals surface area contributed by atoms with Gasteiger partial charge in [0.2, 0.25) is 0 Å². The molecular formula is C23H28N4O3. The first-order valence-electron chi connectivity index (χ1n) is 10.9. The molecule has 0 aliphatic carbocycles. The summed E-state index contributed by atoms with van der Waals surface area (Å²) in [6.45, 7) is 3.69. The molecule has 5 rings (SSSR count). The summed E-state index contributed by atoms with van der Waals surface area (Å²) in [6, 6.07) is 9.73. The highest BCUT2D eigenvalue weighted by Gasteiger charge is 2.36. The van der Waals surface area contributed by atoms with E-state index >= 15 is 0 Å². The molecule has 2 aromatic heterocycles. The molecule has 5 heterocycles. The third kappa shape index (κ3) is 3.41. The zero-order valence-corrected chi connectivity index (χ0v) is 17.4. The molecule has 2 atom stereocenters. The van der Waals surface area contributed by atoms with Crippen LogP contribution in [0.2, 0.25) is 0 Å². The summed E-state index contributed by atoms with van der Waals surface area (Å²) in [6.07, 6.45) is 4.76. The Balaban J connectivity index is 1.38. The number of nitrogens with zero attached hydrogens (tertiary/aromatic N) is 4. The minimum atomic E-state index is -0.143. The van der Waals surface area contributed by atoms with Crippen molar-refractivity contribution in [2.24, 2.45) is 5.92 Å². The van der Waals surface area contributed by atoms with E-state index in [1.54, 1.807) is 18.1 Å². The largest absolute Gasteiger partial charge is 0.381 e. The average Bonchev–Trinajstić information content (AvgIpc) is 2.80. The first-order chi connectivity index (χ1) is 14.6. The van der Waals surface area contributed by atoms with Crippen molar-refractivity contribution in [1.82, 2.24) is 14.5 Å². The number of anilines is 1. The highest BCUT2D eigenvalue weighted by molar-refractivity contribution is 5.94. The Labute approximate surface area is 176 Å². The van der Waals surface area contributed by atoms with Gasteiger partial charge < -0.3 is 19.1 Å². The number of amides is 1. The molecule has 0 radical (unpaired) electrons. The molecule has 3 aliphatic heterocycles. The molecule has 1 amide bonds. The SMILES string of the molecule is COC1CCN(C(=O)c2ccc3n(c2=O)C[C@H]2C[C@@H]3CN(c3ccccn3)C2)CC1. The maximum atomic E-state index is 13.3. The zero-order valence-electron chi connectivity index (χ0n) is 17.4. The van der Waals surface area contributed by atoms with E-state index in [4.69, 9.17) is 4.74 Å². The fraction of sp³-hybridized carbons (Fsp3) is 0.522.